The number of carbonyl (C=O) groups excluding carboxylic acids is 1. The van der Waals surface area contributed by atoms with Crippen molar-refractivity contribution in [1.82, 2.24) is 0 Å². The van der Waals surface area contributed by atoms with E-state index in [0.717, 1.165) is 0 Å². The molecule has 0 unspecified atom stereocenters. The van der Waals surface area contributed by atoms with Crippen molar-refractivity contribution in [1.29, 1.82) is 0 Å². The summed E-state index contributed by atoms with van der Waals surface area (Å²) in [6.45, 7) is 4.02. The molecule has 0 radical (unpaired) electrons. The van der Waals surface area contributed by atoms with Crippen LogP contribution in [-0.4, -0.2) is 19.6 Å². The van der Waals surface area contributed by atoms with Crippen molar-refractivity contribution < 1.29 is 9.53 Å². The van der Waals surface area contributed by atoms with Crippen molar-refractivity contribution in [3.8, 4) is 5.75 Å². The number of carbonyl (C=O) groups is 1. The van der Waals surface area contributed by atoms with E-state index in [4.69, 9.17) is 10.5 Å². The molecule has 1 aromatic rings. The van der Waals surface area contributed by atoms with Crippen molar-refractivity contribution in [3.05, 3.63) is 18.2 Å². The molecule has 1 rings (SSSR count). The van der Waals surface area contributed by atoms with Crippen LogP contribution in [0, 0.1) is 0 Å². The SMILES string of the molecule is CCN(C(C)=O)c1cccc(N)c1OC. The first-order chi connectivity index (χ1) is 7.11. The second kappa shape index (κ2) is 4.68. The first-order valence-corrected chi connectivity index (χ1v) is 4.82. The van der Waals surface area contributed by atoms with E-state index in [1.807, 2.05) is 13.0 Å². The molecule has 0 aliphatic heterocycles. The fraction of sp³-hybridized carbons (Fsp3) is 0.364. The summed E-state index contributed by atoms with van der Waals surface area (Å²) in [7, 11) is 1.54. The fourth-order valence-electron chi connectivity index (χ4n) is 1.54. The maximum atomic E-state index is 11.4. The van der Waals surface area contributed by atoms with E-state index in [1.54, 1.807) is 24.1 Å². The lowest BCUT2D eigenvalue weighted by atomic mass is 10.2. The Morgan fingerprint density at radius 3 is 2.67 bits per heavy atom. The first-order valence-electron chi connectivity index (χ1n) is 4.82. The van der Waals surface area contributed by atoms with Gasteiger partial charge in [0.1, 0.15) is 0 Å². The Labute approximate surface area is 89.6 Å². The van der Waals surface area contributed by atoms with E-state index in [2.05, 4.69) is 0 Å². The zero-order valence-corrected chi connectivity index (χ0v) is 9.28. The third kappa shape index (κ3) is 2.21. The van der Waals surface area contributed by atoms with Gasteiger partial charge in [0.25, 0.3) is 0 Å². The minimum absolute atomic E-state index is 0.0265. The van der Waals surface area contributed by atoms with Crippen molar-refractivity contribution in [2.45, 2.75) is 13.8 Å². The summed E-state index contributed by atoms with van der Waals surface area (Å²) in [5.74, 6) is 0.524. The van der Waals surface area contributed by atoms with Crippen LogP contribution in [0.25, 0.3) is 0 Å². The van der Waals surface area contributed by atoms with Crippen LogP contribution < -0.4 is 15.4 Å². The summed E-state index contributed by atoms with van der Waals surface area (Å²) in [5, 5.41) is 0. The van der Waals surface area contributed by atoms with Crippen LogP contribution in [0.5, 0.6) is 5.75 Å². The molecule has 1 amide bonds. The molecule has 0 fully saturated rings. The molecule has 0 heterocycles. The van der Waals surface area contributed by atoms with Crippen LogP contribution in [0.2, 0.25) is 0 Å². The van der Waals surface area contributed by atoms with E-state index in [9.17, 15) is 4.79 Å². The van der Waals surface area contributed by atoms with Crippen LogP contribution in [0.4, 0.5) is 11.4 Å². The van der Waals surface area contributed by atoms with Crippen molar-refractivity contribution in [2.75, 3.05) is 24.3 Å². The highest BCUT2D eigenvalue weighted by molar-refractivity contribution is 5.94. The number of ether oxygens (including phenoxy) is 1. The third-order valence-corrected chi connectivity index (χ3v) is 2.22. The number of amides is 1. The number of nitrogen functional groups attached to an aromatic ring is 1. The van der Waals surface area contributed by atoms with Crippen LogP contribution in [0.15, 0.2) is 18.2 Å². The zero-order chi connectivity index (χ0) is 11.4. The molecule has 4 heteroatoms. The Morgan fingerprint density at radius 2 is 2.20 bits per heavy atom. The molecule has 0 aromatic heterocycles. The molecule has 4 nitrogen and oxygen atoms in total. The maximum Gasteiger partial charge on any atom is 0.223 e. The molecule has 0 bridgehead atoms. The summed E-state index contributed by atoms with van der Waals surface area (Å²) >= 11 is 0. The van der Waals surface area contributed by atoms with Gasteiger partial charge in [-0.2, -0.15) is 0 Å². The summed E-state index contributed by atoms with van der Waals surface area (Å²) < 4.78 is 5.19. The van der Waals surface area contributed by atoms with Gasteiger partial charge in [-0.3, -0.25) is 4.79 Å². The van der Waals surface area contributed by atoms with E-state index in [1.165, 1.54) is 6.92 Å². The molecule has 0 saturated carbocycles. The number of methoxy groups -OCH3 is 1. The number of nitrogens with zero attached hydrogens (tertiary/aromatic N) is 1. The van der Waals surface area contributed by atoms with Gasteiger partial charge in [-0.05, 0) is 19.1 Å². The van der Waals surface area contributed by atoms with Crippen LogP contribution in [-0.2, 0) is 4.79 Å². The molecular formula is C11H16N2O2. The fourth-order valence-corrected chi connectivity index (χ4v) is 1.54. The minimum atomic E-state index is -0.0265. The van der Waals surface area contributed by atoms with Gasteiger partial charge < -0.3 is 15.4 Å². The molecule has 0 aliphatic carbocycles. The van der Waals surface area contributed by atoms with Crippen LogP contribution in [0.1, 0.15) is 13.8 Å². The smallest absolute Gasteiger partial charge is 0.223 e. The monoisotopic (exact) mass is 208 g/mol. The molecule has 0 atom stereocenters. The quantitative estimate of drug-likeness (QED) is 0.768. The highest BCUT2D eigenvalue weighted by Crippen LogP contribution is 2.33. The molecule has 82 valence electrons. The lowest BCUT2D eigenvalue weighted by Crippen LogP contribution is -2.28. The summed E-state index contributed by atoms with van der Waals surface area (Å²) in [5.41, 5.74) is 7.01. The van der Waals surface area contributed by atoms with Gasteiger partial charge in [-0.25, -0.2) is 0 Å². The minimum Gasteiger partial charge on any atom is -0.492 e. The zero-order valence-electron chi connectivity index (χ0n) is 9.28. The number of rotatable bonds is 3. The molecular weight excluding hydrogens is 192 g/mol. The number of hydrogen-bond acceptors (Lipinski definition) is 3. The van der Waals surface area contributed by atoms with Gasteiger partial charge in [-0.1, -0.05) is 6.07 Å². The predicted molar refractivity (Wildman–Crippen MR) is 61.1 cm³/mol. The lowest BCUT2D eigenvalue weighted by Gasteiger charge is -2.22. The summed E-state index contributed by atoms with van der Waals surface area (Å²) in [6.07, 6.45) is 0. The number of nitrogens with two attached hydrogens (primary N) is 1. The number of hydrogen-bond donors (Lipinski definition) is 1. The molecule has 1 aromatic carbocycles. The lowest BCUT2D eigenvalue weighted by molar-refractivity contribution is -0.116. The molecule has 0 spiro atoms. The van der Waals surface area contributed by atoms with E-state index < -0.39 is 0 Å². The van der Waals surface area contributed by atoms with Gasteiger partial charge in [0.2, 0.25) is 5.91 Å². The highest BCUT2D eigenvalue weighted by Gasteiger charge is 2.15. The topological polar surface area (TPSA) is 55.6 Å². The normalized spacial score (nSPS) is 9.80. The van der Waals surface area contributed by atoms with E-state index in [0.29, 0.717) is 23.7 Å². The summed E-state index contributed by atoms with van der Waals surface area (Å²) in [6, 6.07) is 5.37. The van der Waals surface area contributed by atoms with Crippen LogP contribution >= 0.6 is 0 Å². The third-order valence-electron chi connectivity index (χ3n) is 2.22. The van der Waals surface area contributed by atoms with Crippen LogP contribution in [0.3, 0.4) is 0 Å². The number of benzene rings is 1. The maximum absolute atomic E-state index is 11.4. The Bertz CT molecular complexity index is 364. The average Bonchev–Trinajstić information content (AvgIpc) is 2.18. The van der Waals surface area contributed by atoms with E-state index in [-0.39, 0.29) is 5.91 Å². The van der Waals surface area contributed by atoms with Crippen molar-refractivity contribution in [2.24, 2.45) is 0 Å². The Kier molecular flexibility index (Phi) is 3.55. The predicted octanol–water partition coefficient (Wildman–Crippen LogP) is 1.65. The standard InChI is InChI=1S/C11H16N2O2/c1-4-13(8(2)14)10-7-5-6-9(12)11(10)15-3/h5-7H,4,12H2,1-3H3. The molecule has 15 heavy (non-hydrogen) atoms. The Morgan fingerprint density at radius 1 is 1.53 bits per heavy atom. The first kappa shape index (κ1) is 11.4. The van der Waals surface area contributed by atoms with Gasteiger partial charge in [0.15, 0.2) is 5.75 Å². The van der Waals surface area contributed by atoms with Gasteiger partial charge in [-0.15, -0.1) is 0 Å². The Balaban J connectivity index is 3.22. The van der Waals surface area contributed by atoms with Gasteiger partial charge in [0.05, 0.1) is 18.5 Å². The largest absolute Gasteiger partial charge is 0.492 e. The number of para-hydroxylation sites is 1. The molecule has 0 saturated heterocycles. The highest BCUT2D eigenvalue weighted by atomic mass is 16.5. The van der Waals surface area contributed by atoms with Gasteiger partial charge >= 0.3 is 0 Å². The average molecular weight is 208 g/mol. The Hall–Kier alpha value is -1.71. The summed E-state index contributed by atoms with van der Waals surface area (Å²) in [4.78, 5) is 13.0. The number of anilines is 2. The second-order valence-corrected chi connectivity index (χ2v) is 3.16. The van der Waals surface area contributed by atoms with Crippen molar-refractivity contribution in [3.63, 3.8) is 0 Å². The second-order valence-electron chi connectivity index (χ2n) is 3.16. The van der Waals surface area contributed by atoms with Gasteiger partial charge in [0, 0.05) is 13.5 Å². The van der Waals surface area contributed by atoms with E-state index >= 15 is 0 Å². The molecule has 2 N–H and O–H groups in total. The van der Waals surface area contributed by atoms with Crippen molar-refractivity contribution >= 4 is 17.3 Å². The molecule has 0 aliphatic rings.